The van der Waals surface area contributed by atoms with Gasteiger partial charge in [0.05, 0.1) is 6.20 Å². The van der Waals surface area contributed by atoms with Crippen LogP contribution in [0.4, 0.5) is 16.0 Å². The predicted molar refractivity (Wildman–Crippen MR) is 165 cm³/mol. The van der Waals surface area contributed by atoms with Gasteiger partial charge >= 0.3 is 0 Å². The summed E-state index contributed by atoms with van der Waals surface area (Å²) in [5, 5.41) is 9.93. The van der Waals surface area contributed by atoms with Gasteiger partial charge in [-0.2, -0.15) is 0 Å². The number of allylic oxidation sites excluding steroid dienone is 2. The maximum absolute atomic E-state index is 15.0. The lowest BCUT2D eigenvalue weighted by molar-refractivity contribution is -0.113. The SMILES string of the molecule is C=CC(=O)Nc1ccc(C(=O)N[C@H]2CCC[C@@H](Nc3ncc(F)c(-c4c[nH]c5cc(C/C=C/C(C)=O)ccc45)n3)C2)cc1. The first-order chi connectivity index (χ1) is 20.8. The summed E-state index contributed by atoms with van der Waals surface area (Å²) in [4.78, 5) is 47.4. The lowest BCUT2D eigenvalue weighted by Gasteiger charge is -2.30. The van der Waals surface area contributed by atoms with Crippen molar-refractivity contribution in [3.05, 3.63) is 96.6 Å². The van der Waals surface area contributed by atoms with E-state index in [1.165, 1.54) is 19.2 Å². The zero-order chi connectivity index (χ0) is 30.3. The third-order valence-corrected chi connectivity index (χ3v) is 7.39. The van der Waals surface area contributed by atoms with E-state index in [1.54, 1.807) is 36.5 Å². The van der Waals surface area contributed by atoms with Crippen molar-refractivity contribution < 1.29 is 18.8 Å². The van der Waals surface area contributed by atoms with Crippen molar-refractivity contribution in [3.63, 3.8) is 0 Å². The van der Waals surface area contributed by atoms with E-state index in [2.05, 4.69) is 37.5 Å². The Balaban J connectivity index is 1.23. The van der Waals surface area contributed by atoms with Gasteiger partial charge in [-0.25, -0.2) is 14.4 Å². The number of nitrogens with zero attached hydrogens (tertiary/aromatic N) is 2. The largest absolute Gasteiger partial charge is 0.360 e. The number of hydrogen-bond acceptors (Lipinski definition) is 6. The Morgan fingerprint density at radius 2 is 1.91 bits per heavy atom. The summed E-state index contributed by atoms with van der Waals surface area (Å²) in [6.07, 6.45) is 11.4. The van der Waals surface area contributed by atoms with E-state index in [1.807, 2.05) is 24.3 Å². The van der Waals surface area contributed by atoms with Crippen molar-refractivity contribution in [2.45, 2.75) is 51.1 Å². The second kappa shape index (κ2) is 13.2. The number of anilines is 2. The molecule has 0 radical (unpaired) electrons. The summed E-state index contributed by atoms with van der Waals surface area (Å²) in [5.74, 6) is -0.707. The third kappa shape index (κ3) is 7.40. The molecule has 4 aromatic rings. The molecule has 1 aliphatic rings. The van der Waals surface area contributed by atoms with Crippen LogP contribution in [0.1, 0.15) is 48.5 Å². The zero-order valence-electron chi connectivity index (χ0n) is 23.8. The summed E-state index contributed by atoms with van der Waals surface area (Å²) >= 11 is 0. The molecule has 0 spiro atoms. The van der Waals surface area contributed by atoms with Crippen LogP contribution in [0.25, 0.3) is 22.2 Å². The normalized spacial score (nSPS) is 16.6. The number of H-pyrrole nitrogens is 1. The molecule has 4 N–H and O–H groups in total. The number of amides is 2. The van der Waals surface area contributed by atoms with Crippen LogP contribution in [0.15, 0.2) is 79.7 Å². The second-order valence-electron chi connectivity index (χ2n) is 10.6. The van der Waals surface area contributed by atoms with Crippen molar-refractivity contribution in [1.82, 2.24) is 20.3 Å². The molecule has 2 atom stereocenters. The van der Waals surface area contributed by atoms with Gasteiger partial charge in [-0.3, -0.25) is 14.4 Å². The number of aromatic amines is 1. The quantitative estimate of drug-likeness (QED) is 0.177. The van der Waals surface area contributed by atoms with Gasteiger partial charge in [0, 0.05) is 46.0 Å². The molecule has 0 bridgehead atoms. The Morgan fingerprint density at radius 3 is 2.67 bits per heavy atom. The summed E-state index contributed by atoms with van der Waals surface area (Å²) in [5.41, 5.74) is 3.78. The van der Waals surface area contributed by atoms with Gasteiger partial charge in [0.25, 0.3) is 5.91 Å². The number of aromatic nitrogens is 3. The first-order valence-corrected chi connectivity index (χ1v) is 14.2. The third-order valence-electron chi connectivity index (χ3n) is 7.39. The van der Waals surface area contributed by atoms with Crippen molar-refractivity contribution in [2.24, 2.45) is 0 Å². The molecule has 1 aliphatic carbocycles. The van der Waals surface area contributed by atoms with E-state index in [0.29, 0.717) is 35.6 Å². The Labute approximate surface area is 248 Å². The number of rotatable bonds is 10. The highest BCUT2D eigenvalue weighted by atomic mass is 19.1. The molecule has 0 unspecified atom stereocenters. The Bertz CT molecular complexity index is 1690. The van der Waals surface area contributed by atoms with Gasteiger partial charge in [-0.15, -0.1) is 0 Å². The van der Waals surface area contributed by atoms with E-state index in [9.17, 15) is 18.8 Å². The average Bonchev–Trinajstić information content (AvgIpc) is 3.41. The molecule has 1 saturated carbocycles. The number of carbonyl (C=O) groups is 3. The summed E-state index contributed by atoms with van der Waals surface area (Å²) < 4.78 is 15.0. The highest BCUT2D eigenvalue weighted by molar-refractivity contribution is 6.00. The molecule has 2 aromatic carbocycles. The molecule has 2 heterocycles. The molecule has 0 saturated heterocycles. The van der Waals surface area contributed by atoms with Crippen molar-refractivity contribution >= 4 is 40.1 Å². The fourth-order valence-corrected chi connectivity index (χ4v) is 5.28. The van der Waals surface area contributed by atoms with Crippen LogP contribution in [-0.2, 0) is 16.0 Å². The summed E-state index contributed by atoms with van der Waals surface area (Å²) in [6.45, 7) is 4.94. The molecule has 9 nitrogen and oxygen atoms in total. The Kier molecular flexibility index (Phi) is 9.05. The number of nitrogens with one attached hydrogen (secondary N) is 4. The average molecular weight is 581 g/mol. The molecule has 2 aromatic heterocycles. The van der Waals surface area contributed by atoms with Gasteiger partial charge in [0.2, 0.25) is 11.9 Å². The molecule has 43 heavy (non-hydrogen) atoms. The number of halogens is 1. The zero-order valence-corrected chi connectivity index (χ0v) is 23.8. The minimum atomic E-state index is -0.524. The van der Waals surface area contributed by atoms with Crippen LogP contribution in [0.5, 0.6) is 0 Å². The van der Waals surface area contributed by atoms with Crippen LogP contribution in [0.3, 0.4) is 0 Å². The maximum atomic E-state index is 15.0. The Morgan fingerprint density at radius 1 is 1.12 bits per heavy atom. The molecular formula is C33H33FN6O3. The van der Waals surface area contributed by atoms with Crippen molar-refractivity contribution in [3.8, 4) is 11.3 Å². The minimum absolute atomic E-state index is 0.000285. The smallest absolute Gasteiger partial charge is 0.251 e. The van der Waals surface area contributed by atoms with Gasteiger partial charge in [0.15, 0.2) is 11.6 Å². The predicted octanol–water partition coefficient (Wildman–Crippen LogP) is 5.73. The van der Waals surface area contributed by atoms with Crippen molar-refractivity contribution in [2.75, 3.05) is 10.6 Å². The number of ketones is 1. The lowest BCUT2D eigenvalue weighted by atomic mass is 9.91. The van der Waals surface area contributed by atoms with Gasteiger partial charge in [-0.05, 0) is 87.1 Å². The Hall–Kier alpha value is -5.12. The fourth-order valence-electron chi connectivity index (χ4n) is 5.28. The van der Waals surface area contributed by atoms with E-state index < -0.39 is 5.82 Å². The van der Waals surface area contributed by atoms with Gasteiger partial charge < -0.3 is 20.9 Å². The standard InChI is InChI=1S/C33H33FN6O3/c1-3-30(42)37-23-13-11-22(12-14-23)32(43)38-24-8-5-9-25(17-24)39-33-36-19-28(34)31(40-33)27-18-35-29-16-21(10-15-26(27)29)7-4-6-20(2)41/h3-4,6,10-16,18-19,24-25,35H,1,5,7-9,17H2,2H3,(H,37,42)(H,38,43)(H,36,39,40)/b6-4+/t24-,25+/m0/s1. The van der Waals surface area contributed by atoms with Crippen LogP contribution in [0.2, 0.25) is 0 Å². The molecule has 10 heteroatoms. The van der Waals surface area contributed by atoms with Gasteiger partial charge in [0.1, 0.15) is 5.69 Å². The monoisotopic (exact) mass is 580 g/mol. The van der Waals surface area contributed by atoms with E-state index in [-0.39, 0.29) is 35.4 Å². The number of fused-ring (bicyclic) bond motifs is 1. The summed E-state index contributed by atoms with van der Waals surface area (Å²) in [7, 11) is 0. The van der Waals surface area contributed by atoms with Gasteiger partial charge in [-0.1, -0.05) is 24.8 Å². The topological polar surface area (TPSA) is 129 Å². The molecule has 1 fully saturated rings. The van der Waals surface area contributed by atoms with E-state index >= 15 is 0 Å². The molecule has 2 amide bonds. The van der Waals surface area contributed by atoms with Crippen LogP contribution < -0.4 is 16.0 Å². The van der Waals surface area contributed by atoms with Crippen LogP contribution in [-0.4, -0.2) is 44.6 Å². The number of hydrogen-bond donors (Lipinski definition) is 4. The molecule has 0 aliphatic heterocycles. The lowest BCUT2D eigenvalue weighted by Crippen LogP contribution is -2.42. The summed E-state index contributed by atoms with van der Waals surface area (Å²) in [6, 6.07) is 12.5. The molecule has 5 rings (SSSR count). The molecular weight excluding hydrogens is 547 g/mol. The maximum Gasteiger partial charge on any atom is 0.251 e. The second-order valence-corrected chi connectivity index (χ2v) is 10.6. The van der Waals surface area contributed by atoms with Crippen LogP contribution >= 0.6 is 0 Å². The minimum Gasteiger partial charge on any atom is -0.360 e. The van der Waals surface area contributed by atoms with E-state index in [4.69, 9.17) is 0 Å². The van der Waals surface area contributed by atoms with Crippen molar-refractivity contribution in [1.29, 1.82) is 0 Å². The van der Waals surface area contributed by atoms with E-state index in [0.717, 1.165) is 35.7 Å². The molecule has 220 valence electrons. The first-order valence-electron chi connectivity index (χ1n) is 14.2. The van der Waals surface area contributed by atoms with Crippen LogP contribution in [0, 0.1) is 5.82 Å². The first kappa shape index (κ1) is 29.4. The number of carbonyl (C=O) groups excluding carboxylic acids is 3. The highest BCUT2D eigenvalue weighted by Gasteiger charge is 2.25. The fraction of sp³-hybridized carbons (Fsp3) is 0.242. The number of benzene rings is 2. The highest BCUT2D eigenvalue weighted by Crippen LogP contribution is 2.31.